The Kier molecular flexibility index (Phi) is 5.91. The monoisotopic (exact) mass is 409 g/mol. The van der Waals surface area contributed by atoms with E-state index in [4.69, 9.17) is 9.47 Å². The number of ether oxygens (including phenoxy) is 2. The molecule has 0 atom stereocenters. The Balaban J connectivity index is 2.70. The molecular weight excluding hydrogens is 394 g/mol. The highest BCUT2D eigenvalue weighted by molar-refractivity contribution is 9.10. The number of benzene rings is 1. The minimum absolute atomic E-state index is 0.0310. The molecule has 6 nitrogen and oxygen atoms in total. The predicted octanol–water partition coefficient (Wildman–Crippen LogP) is 3.59. The summed E-state index contributed by atoms with van der Waals surface area (Å²) in [4.78, 5) is 19.0. The van der Waals surface area contributed by atoms with Crippen LogP contribution in [0, 0.1) is 11.3 Å². The number of aromatic amines is 1. The number of methoxy groups -OCH3 is 1. The molecule has 0 unspecified atom stereocenters. The molecule has 0 aliphatic heterocycles. The van der Waals surface area contributed by atoms with Crippen molar-refractivity contribution >= 4 is 27.7 Å². The fourth-order valence-electron chi connectivity index (χ4n) is 2.07. The van der Waals surface area contributed by atoms with Crippen molar-refractivity contribution in [3.05, 3.63) is 32.5 Å². The maximum absolute atomic E-state index is 12.1. The molecule has 1 aromatic heterocycles. The van der Waals surface area contributed by atoms with E-state index in [1.165, 1.54) is 18.9 Å². The second-order valence-electron chi connectivity index (χ2n) is 5.07. The van der Waals surface area contributed by atoms with Gasteiger partial charge in [0.05, 0.1) is 23.4 Å². The molecule has 24 heavy (non-hydrogen) atoms. The zero-order valence-corrected chi connectivity index (χ0v) is 16.0. The Morgan fingerprint density at radius 2 is 2.12 bits per heavy atom. The van der Waals surface area contributed by atoms with Gasteiger partial charge in [-0.25, -0.2) is 4.98 Å². The Morgan fingerprint density at radius 1 is 1.42 bits per heavy atom. The van der Waals surface area contributed by atoms with Gasteiger partial charge < -0.3 is 14.5 Å². The second-order valence-corrected chi connectivity index (χ2v) is 6.72. The molecule has 8 heteroatoms. The number of aromatic nitrogens is 2. The smallest absolute Gasteiger partial charge is 0.270 e. The lowest BCUT2D eigenvalue weighted by Crippen LogP contribution is -2.14. The van der Waals surface area contributed by atoms with Gasteiger partial charge in [0.25, 0.3) is 5.56 Å². The number of H-pyrrole nitrogens is 1. The molecule has 2 rings (SSSR count). The van der Waals surface area contributed by atoms with Crippen molar-refractivity contribution in [2.45, 2.75) is 25.1 Å². The van der Waals surface area contributed by atoms with Crippen molar-refractivity contribution < 1.29 is 9.47 Å². The van der Waals surface area contributed by atoms with Crippen molar-refractivity contribution in [2.75, 3.05) is 13.4 Å². The zero-order chi connectivity index (χ0) is 17.9. The van der Waals surface area contributed by atoms with Crippen LogP contribution in [0.2, 0.25) is 0 Å². The highest BCUT2D eigenvalue weighted by Gasteiger charge is 2.18. The maximum atomic E-state index is 12.1. The molecule has 1 heterocycles. The minimum Gasteiger partial charge on any atom is -0.493 e. The summed E-state index contributed by atoms with van der Waals surface area (Å²) in [5.74, 6) is 1.05. The van der Waals surface area contributed by atoms with Gasteiger partial charge in [0.2, 0.25) is 0 Å². The van der Waals surface area contributed by atoms with Crippen LogP contribution in [0.5, 0.6) is 11.5 Å². The van der Waals surface area contributed by atoms with Crippen molar-refractivity contribution in [1.29, 1.82) is 5.26 Å². The molecule has 2 aromatic rings. The van der Waals surface area contributed by atoms with Crippen molar-refractivity contribution in [1.82, 2.24) is 9.97 Å². The van der Waals surface area contributed by atoms with Gasteiger partial charge >= 0.3 is 0 Å². The number of nitriles is 1. The zero-order valence-electron chi connectivity index (χ0n) is 13.6. The molecule has 1 N–H and O–H groups in total. The normalized spacial score (nSPS) is 10.5. The number of rotatable bonds is 5. The van der Waals surface area contributed by atoms with E-state index in [0.29, 0.717) is 32.4 Å². The molecule has 0 bridgehead atoms. The molecule has 0 aliphatic carbocycles. The first kappa shape index (κ1) is 18.4. The van der Waals surface area contributed by atoms with E-state index in [2.05, 4.69) is 25.9 Å². The first-order valence-corrected chi connectivity index (χ1v) is 9.06. The van der Waals surface area contributed by atoms with Crippen LogP contribution in [0.1, 0.15) is 19.4 Å². The van der Waals surface area contributed by atoms with Gasteiger partial charge in [0.15, 0.2) is 16.7 Å². The lowest BCUT2D eigenvalue weighted by Gasteiger charge is -2.16. The Labute approximate surface area is 152 Å². The van der Waals surface area contributed by atoms with E-state index in [-0.39, 0.29) is 11.7 Å². The summed E-state index contributed by atoms with van der Waals surface area (Å²) in [6.07, 6.45) is 1.76. The van der Waals surface area contributed by atoms with Crippen LogP contribution in [0.15, 0.2) is 26.6 Å². The first-order chi connectivity index (χ1) is 11.4. The van der Waals surface area contributed by atoms with Crippen LogP contribution in [0.4, 0.5) is 0 Å². The molecule has 0 spiro atoms. The highest BCUT2D eigenvalue weighted by atomic mass is 79.9. The van der Waals surface area contributed by atoms with Crippen LogP contribution >= 0.6 is 27.7 Å². The van der Waals surface area contributed by atoms with Crippen LogP contribution in [-0.2, 0) is 0 Å². The molecule has 0 radical (unpaired) electrons. The Bertz CT molecular complexity index is 859. The number of thioether (sulfide) groups is 1. The van der Waals surface area contributed by atoms with Crippen molar-refractivity contribution in [3.8, 4) is 28.8 Å². The molecule has 0 amide bonds. The summed E-state index contributed by atoms with van der Waals surface area (Å²) >= 11 is 4.75. The third-order valence-corrected chi connectivity index (χ3v) is 4.23. The van der Waals surface area contributed by atoms with Gasteiger partial charge in [-0.1, -0.05) is 11.8 Å². The summed E-state index contributed by atoms with van der Waals surface area (Å²) < 4.78 is 11.8. The van der Waals surface area contributed by atoms with E-state index in [1.54, 1.807) is 18.4 Å². The van der Waals surface area contributed by atoms with Gasteiger partial charge in [-0.3, -0.25) is 4.79 Å². The van der Waals surface area contributed by atoms with Crippen molar-refractivity contribution in [3.63, 3.8) is 0 Å². The lowest BCUT2D eigenvalue weighted by molar-refractivity contribution is 0.228. The van der Waals surface area contributed by atoms with Gasteiger partial charge in [-0.2, -0.15) is 5.26 Å². The fraction of sp³-hybridized carbons (Fsp3) is 0.312. The van der Waals surface area contributed by atoms with E-state index in [1.807, 2.05) is 19.9 Å². The molecule has 0 aliphatic rings. The number of hydrogen-bond acceptors (Lipinski definition) is 6. The summed E-state index contributed by atoms with van der Waals surface area (Å²) in [7, 11) is 1.53. The van der Waals surface area contributed by atoms with Crippen molar-refractivity contribution in [2.24, 2.45) is 0 Å². The molecule has 1 aromatic carbocycles. The molecular formula is C16H16BrN3O3S. The maximum Gasteiger partial charge on any atom is 0.270 e. The van der Waals surface area contributed by atoms with E-state index in [9.17, 15) is 10.1 Å². The summed E-state index contributed by atoms with van der Waals surface area (Å²) in [5, 5.41) is 9.75. The van der Waals surface area contributed by atoms with Crippen LogP contribution in [0.3, 0.4) is 0 Å². The molecule has 0 fully saturated rings. The number of nitrogens with zero attached hydrogens (tertiary/aromatic N) is 2. The summed E-state index contributed by atoms with van der Waals surface area (Å²) in [6.45, 7) is 3.83. The first-order valence-electron chi connectivity index (χ1n) is 7.04. The van der Waals surface area contributed by atoms with E-state index >= 15 is 0 Å². The SMILES string of the molecule is COc1cc(-c2nc(SC)[nH]c(=O)c2C#N)cc(Br)c1OC(C)C. The Hall–Kier alpha value is -1.98. The number of nitrogens with one attached hydrogen (secondary N) is 1. The van der Waals surface area contributed by atoms with Crippen LogP contribution in [-0.4, -0.2) is 29.4 Å². The average molecular weight is 410 g/mol. The number of hydrogen-bond donors (Lipinski definition) is 1. The summed E-state index contributed by atoms with van der Waals surface area (Å²) in [5.41, 5.74) is 0.386. The molecule has 0 saturated carbocycles. The fourth-order valence-corrected chi connectivity index (χ4v) is 2.98. The third-order valence-electron chi connectivity index (χ3n) is 3.06. The largest absolute Gasteiger partial charge is 0.493 e. The highest BCUT2D eigenvalue weighted by Crippen LogP contribution is 2.40. The van der Waals surface area contributed by atoms with Crippen LogP contribution < -0.4 is 15.0 Å². The standard InChI is InChI=1S/C16H16BrN3O3S/c1-8(2)23-14-11(17)5-9(6-12(14)22-3)13-10(7-18)15(21)20-16(19-13)24-4/h5-6,8H,1-4H3,(H,19,20,21). The lowest BCUT2D eigenvalue weighted by atomic mass is 10.1. The molecule has 126 valence electrons. The number of halogens is 1. The summed E-state index contributed by atoms with van der Waals surface area (Å²) in [6, 6.07) is 5.38. The van der Waals surface area contributed by atoms with Crippen LogP contribution in [0.25, 0.3) is 11.3 Å². The predicted molar refractivity (Wildman–Crippen MR) is 96.8 cm³/mol. The quantitative estimate of drug-likeness (QED) is 0.599. The topological polar surface area (TPSA) is 88.0 Å². The minimum atomic E-state index is -0.468. The van der Waals surface area contributed by atoms with Gasteiger partial charge in [0, 0.05) is 5.56 Å². The molecule has 0 saturated heterocycles. The van der Waals surface area contributed by atoms with Gasteiger partial charge in [-0.15, -0.1) is 0 Å². The van der Waals surface area contributed by atoms with Gasteiger partial charge in [0.1, 0.15) is 11.6 Å². The second kappa shape index (κ2) is 7.73. The van der Waals surface area contributed by atoms with E-state index in [0.717, 1.165) is 0 Å². The van der Waals surface area contributed by atoms with Gasteiger partial charge in [-0.05, 0) is 48.2 Å². The Morgan fingerprint density at radius 3 is 2.67 bits per heavy atom. The van der Waals surface area contributed by atoms with E-state index < -0.39 is 5.56 Å². The average Bonchev–Trinajstić information content (AvgIpc) is 2.55. The third kappa shape index (κ3) is 3.74.